The molecule has 0 aromatic carbocycles. The third kappa shape index (κ3) is 3.29. The monoisotopic (exact) mass is 270 g/mol. The van der Waals surface area contributed by atoms with Crippen molar-refractivity contribution in [2.24, 2.45) is 0 Å². The molecule has 0 unspecified atom stereocenters. The summed E-state index contributed by atoms with van der Waals surface area (Å²) in [5.41, 5.74) is 0.304. The van der Waals surface area contributed by atoms with Gasteiger partial charge in [0.1, 0.15) is 5.69 Å². The Balaban J connectivity index is 2.85. The van der Waals surface area contributed by atoms with E-state index in [4.69, 9.17) is 4.74 Å². The highest BCUT2D eigenvalue weighted by atomic mass is 32.1. The zero-order chi connectivity index (χ0) is 13.7. The minimum absolute atomic E-state index is 0.107. The van der Waals surface area contributed by atoms with E-state index in [2.05, 4.69) is 4.98 Å². The zero-order valence-corrected chi connectivity index (χ0v) is 11.9. The quantitative estimate of drug-likeness (QED) is 0.769. The van der Waals surface area contributed by atoms with Crippen molar-refractivity contribution >= 4 is 23.2 Å². The molecule has 100 valence electrons. The summed E-state index contributed by atoms with van der Waals surface area (Å²) in [4.78, 5) is 29.3. The predicted molar refractivity (Wildman–Crippen MR) is 69.9 cm³/mol. The molecular weight excluding hydrogens is 252 g/mol. The average Bonchev–Trinajstić information content (AvgIpc) is 2.78. The van der Waals surface area contributed by atoms with Crippen LogP contribution in [0.3, 0.4) is 0 Å². The van der Waals surface area contributed by atoms with E-state index in [1.807, 2.05) is 20.8 Å². The van der Waals surface area contributed by atoms with Crippen LogP contribution in [0.25, 0.3) is 0 Å². The van der Waals surface area contributed by atoms with Crippen molar-refractivity contribution < 1.29 is 14.3 Å². The molecule has 0 fully saturated rings. The third-order valence-electron chi connectivity index (χ3n) is 2.40. The molecule has 6 heteroatoms. The Labute approximate surface area is 111 Å². The zero-order valence-electron chi connectivity index (χ0n) is 11.1. The fraction of sp³-hybridized carbons (Fsp3) is 0.583. The molecule has 0 aliphatic carbocycles. The summed E-state index contributed by atoms with van der Waals surface area (Å²) in [6, 6.07) is 0.107. The standard InChI is InChI=1S/C12H18N2O3S/c1-5-14(8(3)4)11(15)9-7-18-10(13-9)12(16)17-6-2/h7-8H,5-6H2,1-4H3. The van der Waals surface area contributed by atoms with Crippen molar-refractivity contribution in [2.45, 2.75) is 33.7 Å². The molecule has 1 heterocycles. The number of hydrogen-bond donors (Lipinski definition) is 0. The summed E-state index contributed by atoms with van der Waals surface area (Å²) < 4.78 is 4.84. The lowest BCUT2D eigenvalue weighted by atomic mass is 10.3. The second-order valence-electron chi connectivity index (χ2n) is 3.94. The van der Waals surface area contributed by atoms with Gasteiger partial charge in [0.15, 0.2) is 0 Å². The van der Waals surface area contributed by atoms with Gasteiger partial charge in [-0.2, -0.15) is 0 Å². The lowest BCUT2D eigenvalue weighted by molar-refractivity contribution is 0.0526. The molecule has 0 saturated heterocycles. The first-order chi connectivity index (χ1) is 8.51. The normalized spacial score (nSPS) is 10.5. The number of carbonyl (C=O) groups is 2. The molecule has 1 aromatic heterocycles. The van der Waals surface area contributed by atoms with Gasteiger partial charge in [0.25, 0.3) is 5.91 Å². The summed E-state index contributed by atoms with van der Waals surface area (Å²) in [5.74, 6) is -0.631. The lowest BCUT2D eigenvalue weighted by Gasteiger charge is -2.24. The van der Waals surface area contributed by atoms with E-state index in [9.17, 15) is 9.59 Å². The Morgan fingerprint density at radius 3 is 2.61 bits per heavy atom. The van der Waals surface area contributed by atoms with Crippen molar-refractivity contribution in [1.29, 1.82) is 0 Å². The van der Waals surface area contributed by atoms with E-state index in [-0.39, 0.29) is 17.0 Å². The Morgan fingerprint density at radius 1 is 1.44 bits per heavy atom. The molecule has 0 aliphatic rings. The molecule has 0 saturated carbocycles. The van der Waals surface area contributed by atoms with E-state index in [1.54, 1.807) is 17.2 Å². The lowest BCUT2D eigenvalue weighted by Crippen LogP contribution is -2.36. The Hall–Kier alpha value is -1.43. The molecule has 0 aliphatic heterocycles. The largest absolute Gasteiger partial charge is 0.461 e. The molecule has 0 bridgehead atoms. The smallest absolute Gasteiger partial charge is 0.367 e. The van der Waals surface area contributed by atoms with E-state index in [1.165, 1.54) is 0 Å². The van der Waals surface area contributed by atoms with Gasteiger partial charge >= 0.3 is 5.97 Å². The van der Waals surface area contributed by atoms with Crippen molar-refractivity contribution in [3.05, 3.63) is 16.1 Å². The Bertz CT molecular complexity index is 429. The van der Waals surface area contributed by atoms with Gasteiger partial charge in [-0.15, -0.1) is 11.3 Å². The van der Waals surface area contributed by atoms with Gasteiger partial charge in [0.2, 0.25) is 5.01 Å². The first kappa shape index (κ1) is 14.6. The first-order valence-electron chi connectivity index (χ1n) is 5.94. The first-order valence-corrected chi connectivity index (χ1v) is 6.82. The summed E-state index contributed by atoms with van der Waals surface area (Å²) in [6.45, 7) is 8.45. The topological polar surface area (TPSA) is 59.5 Å². The summed E-state index contributed by atoms with van der Waals surface area (Å²) >= 11 is 1.13. The van der Waals surface area contributed by atoms with Gasteiger partial charge in [-0.1, -0.05) is 0 Å². The second-order valence-corrected chi connectivity index (χ2v) is 4.80. The predicted octanol–water partition coefficient (Wildman–Crippen LogP) is 2.19. The van der Waals surface area contributed by atoms with Crippen LogP contribution in [0.2, 0.25) is 0 Å². The summed E-state index contributed by atoms with van der Waals surface area (Å²) in [7, 11) is 0. The van der Waals surface area contributed by atoms with Crippen molar-refractivity contribution in [1.82, 2.24) is 9.88 Å². The summed E-state index contributed by atoms with van der Waals surface area (Å²) in [5, 5.41) is 1.82. The minimum atomic E-state index is -0.478. The molecule has 1 aromatic rings. The van der Waals surface area contributed by atoms with E-state index >= 15 is 0 Å². The van der Waals surface area contributed by atoms with Gasteiger partial charge in [0.05, 0.1) is 6.61 Å². The van der Waals surface area contributed by atoms with Crippen LogP contribution >= 0.6 is 11.3 Å². The molecule has 18 heavy (non-hydrogen) atoms. The van der Waals surface area contributed by atoms with Crippen LogP contribution in [-0.4, -0.2) is 41.0 Å². The van der Waals surface area contributed by atoms with Crippen molar-refractivity contribution in [2.75, 3.05) is 13.2 Å². The van der Waals surface area contributed by atoms with Gasteiger partial charge in [-0.25, -0.2) is 9.78 Å². The highest BCUT2D eigenvalue weighted by Gasteiger charge is 2.21. The third-order valence-corrected chi connectivity index (χ3v) is 3.22. The molecule has 0 atom stereocenters. The maximum absolute atomic E-state index is 12.1. The van der Waals surface area contributed by atoms with E-state index in [0.717, 1.165) is 11.3 Å². The molecular formula is C12H18N2O3S. The average molecular weight is 270 g/mol. The number of esters is 1. The highest BCUT2D eigenvalue weighted by molar-refractivity contribution is 7.11. The molecule has 1 rings (SSSR count). The minimum Gasteiger partial charge on any atom is -0.461 e. The van der Waals surface area contributed by atoms with Crippen LogP contribution in [-0.2, 0) is 4.74 Å². The van der Waals surface area contributed by atoms with Crippen LogP contribution in [0.5, 0.6) is 0 Å². The van der Waals surface area contributed by atoms with E-state index in [0.29, 0.717) is 18.8 Å². The number of hydrogen-bond acceptors (Lipinski definition) is 5. The van der Waals surface area contributed by atoms with Crippen LogP contribution in [0.4, 0.5) is 0 Å². The van der Waals surface area contributed by atoms with Crippen LogP contribution in [0.1, 0.15) is 48.0 Å². The van der Waals surface area contributed by atoms with Gasteiger partial charge in [-0.3, -0.25) is 4.79 Å². The number of rotatable bonds is 5. The molecule has 0 N–H and O–H groups in total. The molecule has 0 radical (unpaired) electrons. The maximum atomic E-state index is 12.1. The Morgan fingerprint density at radius 2 is 2.11 bits per heavy atom. The van der Waals surface area contributed by atoms with Crippen LogP contribution < -0.4 is 0 Å². The number of carbonyl (C=O) groups excluding carboxylic acids is 2. The second kappa shape index (κ2) is 6.49. The fourth-order valence-electron chi connectivity index (χ4n) is 1.55. The highest BCUT2D eigenvalue weighted by Crippen LogP contribution is 2.14. The van der Waals surface area contributed by atoms with Gasteiger partial charge in [0, 0.05) is 18.0 Å². The number of thiazole rings is 1. The SMILES string of the molecule is CCOC(=O)c1nc(C(=O)N(CC)C(C)C)cs1. The fourth-order valence-corrected chi connectivity index (χ4v) is 2.23. The van der Waals surface area contributed by atoms with Crippen molar-refractivity contribution in [3.8, 4) is 0 Å². The number of amides is 1. The molecule has 5 nitrogen and oxygen atoms in total. The number of ether oxygens (including phenoxy) is 1. The van der Waals surface area contributed by atoms with Crippen LogP contribution in [0.15, 0.2) is 5.38 Å². The molecule has 1 amide bonds. The number of aromatic nitrogens is 1. The van der Waals surface area contributed by atoms with Gasteiger partial charge < -0.3 is 9.64 Å². The van der Waals surface area contributed by atoms with Crippen molar-refractivity contribution in [3.63, 3.8) is 0 Å². The maximum Gasteiger partial charge on any atom is 0.367 e. The van der Waals surface area contributed by atoms with E-state index < -0.39 is 5.97 Å². The van der Waals surface area contributed by atoms with Crippen LogP contribution in [0, 0.1) is 0 Å². The number of nitrogens with zero attached hydrogens (tertiary/aromatic N) is 2. The Kier molecular flexibility index (Phi) is 5.27. The van der Waals surface area contributed by atoms with Gasteiger partial charge in [-0.05, 0) is 27.7 Å². The summed E-state index contributed by atoms with van der Waals surface area (Å²) in [6.07, 6.45) is 0. The molecule has 0 spiro atoms.